The lowest BCUT2D eigenvalue weighted by molar-refractivity contribution is -0.127. The van der Waals surface area contributed by atoms with Crippen molar-refractivity contribution in [2.75, 3.05) is 62.6 Å². The van der Waals surface area contributed by atoms with Crippen LogP contribution in [-0.2, 0) is 30.4 Å². The van der Waals surface area contributed by atoms with Gasteiger partial charge in [-0.05, 0) is 42.0 Å². The summed E-state index contributed by atoms with van der Waals surface area (Å²) in [5.74, 6) is -0.266. The number of anilines is 3. The molecule has 3 aromatic rings. The van der Waals surface area contributed by atoms with Crippen molar-refractivity contribution in [1.82, 2.24) is 10.6 Å². The Morgan fingerprint density at radius 2 is 1.48 bits per heavy atom. The molecule has 12 nitrogen and oxygen atoms in total. The minimum Gasteiger partial charge on any atom is -0.497 e. The molecule has 3 rings (SSSR count). The Morgan fingerprint density at radius 1 is 0.818 bits per heavy atom. The Bertz CT molecular complexity index is 1430. The molecule has 0 aliphatic rings. The number of nitrogens with one attached hydrogen (secondary N) is 2. The number of hydrogen-bond acceptors (Lipinski definition) is 8. The van der Waals surface area contributed by atoms with Crippen molar-refractivity contribution in [3.05, 3.63) is 78.4 Å². The van der Waals surface area contributed by atoms with E-state index < -0.39 is 24.4 Å². The average molecular weight is 604 g/mol. The van der Waals surface area contributed by atoms with Gasteiger partial charge in [0.1, 0.15) is 30.4 Å². The van der Waals surface area contributed by atoms with Crippen LogP contribution >= 0.6 is 0 Å². The predicted octanol–water partition coefficient (Wildman–Crippen LogP) is 1.81. The number of likely N-dealkylation sites (N-methyl/N-ethyl adjacent to an activating group) is 2. The maximum absolute atomic E-state index is 13.7. The number of carbonyl (C=O) groups is 5. The van der Waals surface area contributed by atoms with E-state index in [9.17, 15) is 24.0 Å². The minimum absolute atomic E-state index is 0.114. The molecule has 0 aliphatic heterocycles. The molecule has 0 spiro atoms. The number of benzene rings is 3. The average Bonchev–Trinajstić information content (AvgIpc) is 3.05. The summed E-state index contributed by atoms with van der Waals surface area (Å²) in [7, 11) is 6.28. The lowest BCUT2D eigenvalue weighted by atomic mass is 10.0. The first kappa shape index (κ1) is 33.1. The Morgan fingerprint density at radius 3 is 2.09 bits per heavy atom. The van der Waals surface area contributed by atoms with Crippen molar-refractivity contribution in [3.8, 4) is 11.5 Å². The van der Waals surface area contributed by atoms with E-state index in [0.29, 0.717) is 41.3 Å². The molecule has 1 unspecified atom stereocenters. The van der Waals surface area contributed by atoms with Crippen LogP contribution in [0.1, 0.15) is 5.56 Å². The fourth-order valence-electron chi connectivity index (χ4n) is 4.49. The van der Waals surface area contributed by atoms with Gasteiger partial charge in [-0.2, -0.15) is 0 Å². The largest absolute Gasteiger partial charge is 0.497 e. The summed E-state index contributed by atoms with van der Waals surface area (Å²) in [5, 5.41) is 5.27. The van der Waals surface area contributed by atoms with E-state index in [1.165, 1.54) is 16.9 Å². The predicted molar refractivity (Wildman–Crippen MR) is 167 cm³/mol. The number of ether oxygens (including phenoxy) is 2. The van der Waals surface area contributed by atoms with Crippen molar-refractivity contribution < 1.29 is 33.4 Å². The molecule has 3 aromatic carbocycles. The number of hydrogen-bond donors (Lipinski definition) is 2. The zero-order valence-corrected chi connectivity index (χ0v) is 25.2. The zero-order chi connectivity index (χ0) is 32.1. The molecule has 44 heavy (non-hydrogen) atoms. The molecule has 0 saturated carbocycles. The molecular formula is C32H37N5O7. The summed E-state index contributed by atoms with van der Waals surface area (Å²) < 4.78 is 10.5. The normalized spacial score (nSPS) is 11.0. The van der Waals surface area contributed by atoms with E-state index in [4.69, 9.17) is 9.47 Å². The highest BCUT2D eigenvalue weighted by molar-refractivity contribution is 6.00. The van der Waals surface area contributed by atoms with Crippen molar-refractivity contribution in [1.29, 1.82) is 0 Å². The highest BCUT2D eigenvalue weighted by Crippen LogP contribution is 2.32. The molecule has 0 heterocycles. The molecule has 2 N–H and O–H groups in total. The molecule has 12 heteroatoms. The molecule has 232 valence electrons. The van der Waals surface area contributed by atoms with Crippen molar-refractivity contribution in [2.45, 2.75) is 12.5 Å². The molecule has 0 bridgehead atoms. The zero-order valence-electron chi connectivity index (χ0n) is 25.2. The van der Waals surface area contributed by atoms with Crippen LogP contribution in [0.5, 0.6) is 11.5 Å². The van der Waals surface area contributed by atoms with Gasteiger partial charge in [0.05, 0.1) is 38.7 Å². The molecular weight excluding hydrogens is 566 g/mol. The van der Waals surface area contributed by atoms with Crippen LogP contribution in [0, 0.1) is 0 Å². The summed E-state index contributed by atoms with van der Waals surface area (Å²) in [6, 6.07) is 20.2. The number of amides is 4. The number of carbonyl (C=O) groups excluding carboxylic acids is 5. The van der Waals surface area contributed by atoms with Gasteiger partial charge in [-0.3, -0.25) is 19.2 Å². The van der Waals surface area contributed by atoms with Crippen LogP contribution in [0.3, 0.4) is 0 Å². The summed E-state index contributed by atoms with van der Waals surface area (Å²) in [5.41, 5.74) is 2.22. The first-order valence-corrected chi connectivity index (χ1v) is 13.8. The molecule has 0 saturated heterocycles. The van der Waals surface area contributed by atoms with E-state index in [1.807, 2.05) is 30.3 Å². The van der Waals surface area contributed by atoms with Crippen LogP contribution in [0.15, 0.2) is 72.8 Å². The second kappa shape index (κ2) is 16.3. The van der Waals surface area contributed by atoms with Gasteiger partial charge in [0.25, 0.3) is 0 Å². The molecule has 4 amide bonds. The van der Waals surface area contributed by atoms with Gasteiger partial charge in [-0.1, -0.05) is 30.3 Å². The van der Waals surface area contributed by atoms with Crippen LogP contribution < -0.4 is 34.8 Å². The molecule has 0 fully saturated rings. The fraction of sp³-hybridized carbons (Fsp3) is 0.281. The topological polar surface area (TPSA) is 138 Å². The molecule has 0 aliphatic carbocycles. The number of aldehydes is 1. The van der Waals surface area contributed by atoms with Crippen LogP contribution in [-0.4, -0.2) is 84.4 Å². The fourth-order valence-corrected chi connectivity index (χ4v) is 4.49. The van der Waals surface area contributed by atoms with Crippen LogP contribution in [0.2, 0.25) is 0 Å². The Balaban J connectivity index is 1.84. The third kappa shape index (κ3) is 9.05. The van der Waals surface area contributed by atoms with Gasteiger partial charge in [0.15, 0.2) is 0 Å². The van der Waals surface area contributed by atoms with Gasteiger partial charge < -0.3 is 39.6 Å². The summed E-state index contributed by atoms with van der Waals surface area (Å²) in [6.45, 7) is -0.656. The monoisotopic (exact) mass is 603 g/mol. The Kier molecular flexibility index (Phi) is 12.3. The Hall–Kier alpha value is -5.39. The van der Waals surface area contributed by atoms with Gasteiger partial charge >= 0.3 is 0 Å². The summed E-state index contributed by atoms with van der Waals surface area (Å²) in [4.78, 5) is 66.5. The van der Waals surface area contributed by atoms with E-state index >= 15 is 0 Å². The first-order valence-electron chi connectivity index (χ1n) is 13.8. The second-order valence-electron chi connectivity index (χ2n) is 9.82. The van der Waals surface area contributed by atoms with E-state index in [1.54, 1.807) is 68.6 Å². The van der Waals surface area contributed by atoms with Crippen LogP contribution in [0.25, 0.3) is 0 Å². The third-order valence-electron chi connectivity index (χ3n) is 6.81. The van der Waals surface area contributed by atoms with Crippen molar-refractivity contribution in [3.63, 3.8) is 0 Å². The van der Waals surface area contributed by atoms with Crippen molar-refractivity contribution in [2.24, 2.45) is 0 Å². The lowest BCUT2D eigenvalue weighted by Gasteiger charge is -2.28. The van der Waals surface area contributed by atoms with Gasteiger partial charge in [0.2, 0.25) is 24.1 Å². The lowest BCUT2D eigenvalue weighted by Crippen LogP contribution is -2.51. The Labute approximate surface area is 256 Å². The highest BCUT2D eigenvalue weighted by Gasteiger charge is 2.27. The molecule has 0 aromatic heterocycles. The van der Waals surface area contributed by atoms with Gasteiger partial charge in [-0.15, -0.1) is 0 Å². The van der Waals surface area contributed by atoms with E-state index in [2.05, 4.69) is 10.6 Å². The van der Waals surface area contributed by atoms with Crippen molar-refractivity contribution >= 4 is 47.5 Å². The third-order valence-corrected chi connectivity index (χ3v) is 6.81. The number of rotatable bonds is 16. The molecule has 1 atom stereocenters. The smallest absolute Gasteiger partial charge is 0.249 e. The van der Waals surface area contributed by atoms with Gasteiger partial charge in [0, 0.05) is 32.3 Å². The van der Waals surface area contributed by atoms with E-state index in [-0.39, 0.29) is 25.4 Å². The SMILES string of the molecule is COc1ccc(N(C)C(=O)C(Cc2ccccc2)NC(=O)CN(C=O)c2cc(OC)ccc2N(C)CC(=O)NCC=O)cc1. The standard InChI is InChI=1S/C32H37N5O7/c1-35(20-30(40)33-16-17-38)28-15-14-26(44-4)19-29(28)37(22-39)21-31(41)34-27(18-23-8-6-5-7-9-23)32(42)36(2)24-10-12-25(43-3)13-11-24/h5-15,17,19,22,27H,16,18,20-21H2,1-4H3,(H,33,40)(H,34,41). The van der Waals surface area contributed by atoms with Gasteiger partial charge in [-0.25, -0.2) is 0 Å². The minimum atomic E-state index is -0.945. The molecule has 0 radical (unpaired) electrons. The highest BCUT2D eigenvalue weighted by atomic mass is 16.5. The summed E-state index contributed by atoms with van der Waals surface area (Å²) in [6.07, 6.45) is 1.29. The first-order chi connectivity index (χ1) is 21.2. The maximum Gasteiger partial charge on any atom is 0.249 e. The second-order valence-corrected chi connectivity index (χ2v) is 9.82. The number of methoxy groups -OCH3 is 2. The summed E-state index contributed by atoms with van der Waals surface area (Å²) >= 11 is 0. The van der Waals surface area contributed by atoms with Crippen LogP contribution in [0.4, 0.5) is 17.1 Å². The maximum atomic E-state index is 13.7. The quantitative estimate of drug-likeness (QED) is 0.237. The number of nitrogens with zero attached hydrogens (tertiary/aromatic N) is 3. The van der Waals surface area contributed by atoms with E-state index in [0.717, 1.165) is 5.56 Å².